The molecule has 1 fully saturated rings. The van der Waals surface area contributed by atoms with Crippen LogP contribution in [0.15, 0.2) is 9.31 Å². The van der Waals surface area contributed by atoms with Gasteiger partial charge in [-0.15, -0.1) is 0 Å². The van der Waals surface area contributed by atoms with Gasteiger partial charge in [-0.3, -0.25) is 0 Å². The number of hydrogen-bond acceptors (Lipinski definition) is 5. The third-order valence-corrected chi connectivity index (χ3v) is 6.31. The summed E-state index contributed by atoms with van der Waals surface area (Å²) in [5.74, 6) is 1.07. The number of aryl methyl sites for hydroxylation is 2. The Morgan fingerprint density at radius 2 is 1.90 bits per heavy atom. The fraction of sp³-hybridized carbons (Fsp3) is 0.714. The Morgan fingerprint density at radius 3 is 2.38 bits per heavy atom. The molecule has 2 unspecified atom stereocenters. The van der Waals surface area contributed by atoms with E-state index in [0.29, 0.717) is 30.2 Å². The van der Waals surface area contributed by atoms with E-state index in [-0.39, 0.29) is 23.5 Å². The molecule has 1 aliphatic rings. The van der Waals surface area contributed by atoms with Crippen molar-refractivity contribution in [2.24, 2.45) is 5.92 Å². The molecule has 0 radical (unpaired) electrons. The lowest BCUT2D eigenvalue weighted by Gasteiger charge is -2.22. The maximum absolute atomic E-state index is 12.9. The number of rotatable bonds is 4. The molecule has 6 nitrogen and oxygen atoms in total. The van der Waals surface area contributed by atoms with Crippen molar-refractivity contribution in [2.45, 2.75) is 38.3 Å². The molecule has 0 spiro atoms. The molecular weight excluding hydrogens is 292 g/mol. The number of furan rings is 1. The van der Waals surface area contributed by atoms with E-state index in [1.54, 1.807) is 13.8 Å². The van der Waals surface area contributed by atoms with Gasteiger partial charge in [0, 0.05) is 24.7 Å². The van der Waals surface area contributed by atoms with E-state index in [1.165, 1.54) is 4.31 Å². The number of aliphatic hydroxyl groups is 1. The molecule has 0 aromatic carbocycles. The number of nitrogens with zero attached hydrogens (tertiary/aromatic N) is 2. The van der Waals surface area contributed by atoms with Gasteiger partial charge in [0.2, 0.25) is 10.0 Å². The summed E-state index contributed by atoms with van der Waals surface area (Å²) in [6.07, 6.45) is 0. The number of likely N-dealkylation sites (N-methyl/N-ethyl adjacent to an activating group) is 1. The van der Waals surface area contributed by atoms with Gasteiger partial charge in [-0.2, -0.15) is 4.31 Å². The molecule has 0 saturated carbocycles. The van der Waals surface area contributed by atoms with E-state index < -0.39 is 10.0 Å². The zero-order valence-electron chi connectivity index (χ0n) is 13.3. The summed E-state index contributed by atoms with van der Waals surface area (Å²) in [5.41, 5.74) is 0.369. The van der Waals surface area contributed by atoms with Gasteiger partial charge in [-0.25, -0.2) is 8.42 Å². The van der Waals surface area contributed by atoms with E-state index in [9.17, 15) is 13.5 Å². The minimum absolute atomic E-state index is 0.133. The van der Waals surface area contributed by atoms with Crippen LogP contribution in [0.3, 0.4) is 0 Å². The van der Waals surface area contributed by atoms with Crippen LogP contribution in [-0.2, 0) is 16.6 Å². The van der Waals surface area contributed by atoms with Crippen LogP contribution < -0.4 is 0 Å². The average Bonchev–Trinajstić information content (AvgIpc) is 2.89. The van der Waals surface area contributed by atoms with Crippen molar-refractivity contribution in [1.82, 2.24) is 9.21 Å². The Kier molecular flexibility index (Phi) is 4.49. The highest BCUT2D eigenvalue weighted by Gasteiger charge is 2.40. The maximum Gasteiger partial charge on any atom is 0.246 e. The maximum atomic E-state index is 12.9. The van der Waals surface area contributed by atoms with Crippen molar-refractivity contribution >= 4 is 10.0 Å². The van der Waals surface area contributed by atoms with Gasteiger partial charge in [0.1, 0.15) is 16.4 Å². The average molecular weight is 316 g/mol. The molecular formula is C14H24N2O4S. The zero-order chi connectivity index (χ0) is 15.9. The summed E-state index contributed by atoms with van der Waals surface area (Å²) in [7, 11) is 0.286. The van der Waals surface area contributed by atoms with Gasteiger partial charge in [0.15, 0.2) is 0 Å². The van der Waals surface area contributed by atoms with Gasteiger partial charge >= 0.3 is 0 Å². The van der Waals surface area contributed by atoms with E-state index in [0.717, 1.165) is 0 Å². The lowest BCUT2D eigenvalue weighted by Crippen LogP contribution is -2.36. The molecule has 1 aliphatic heterocycles. The number of aliphatic hydroxyl groups excluding tert-OH is 1. The summed E-state index contributed by atoms with van der Waals surface area (Å²) < 4.78 is 32.7. The van der Waals surface area contributed by atoms with Crippen molar-refractivity contribution in [3.05, 3.63) is 17.1 Å². The quantitative estimate of drug-likeness (QED) is 0.895. The highest BCUT2D eigenvalue weighted by atomic mass is 32.2. The first-order valence-corrected chi connectivity index (χ1v) is 8.50. The minimum atomic E-state index is -3.64. The van der Waals surface area contributed by atoms with Gasteiger partial charge in [-0.05, 0) is 33.9 Å². The van der Waals surface area contributed by atoms with Crippen LogP contribution in [-0.4, -0.2) is 56.0 Å². The predicted molar refractivity (Wildman–Crippen MR) is 79.5 cm³/mol. The Hall–Kier alpha value is -0.890. The van der Waals surface area contributed by atoms with E-state index in [4.69, 9.17) is 4.42 Å². The highest BCUT2D eigenvalue weighted by Crippen LogP contribution is 2.32. The van der Waals surface area contributed by atoms with Crippen molar-refractivity contribution in [3.8, 4) is 0 Å². The number of hydrogen-bond donors (Lipinski definition) is 1. The van der Waals surface area contributed by atoms with Gasteiger partial charge in [-0.1, -0.05) is 6.92 Å². The standard InChI is InChI=1S/C14H24N2O4S/c1-9-6-16(7-13(9)15(4)5)21(18,19)14-11(3)20-10(2)12(14)8-17/h9,13,17H,6-8H2,1-5H3. The van der Waals surface area contributed by atoms with Crippen molar-refractivity contribution in [2.75, 3.05) is 27.2 Å². The Labute approximate surface area is 126 Å². The summed E-state index contributed by atoms with van der Waals surface area (Å²) in [4.78, 5) is 2.19. The molecule has 0 aliphatic carbocycles. The molecule has 2 rings (SSSR count). The van der Waals surface area contributed by atoms with Crippen LogP contribution in [0.1, 0.15) is 24.0 Å². The molecule has 0 bridgehead atoms. The summed E-state index contributed by atoms with van der Waals surface area (Å²) in [6.45, 7) is 5.97. The van der Waals surface area contributed by atoms with Gasteiger partial charge in [0.05, 0.1) is 6.61 Å². The first kappa shape index (κ1) is 16.5. The van der Waals surface area contributed by atoms with Crippen LogP contribution in [0.4, 0.5) is 0 Å². The van der Waals surface area contributed by atoms with Crippen LogP contribution in [0.5, 0.6) is 0 Å². The zero-order valence-corrected chi connectivity index (χ0v) is 14.1. The molecule has 120 valence electrons. The first-order chi connectivity index (χ1) is 9.70. The monoisotopic (exact) mass is 316 g/mol. The minimum Gasteiger partial charge on any atom is -0.465 e. The Morgan fingerprint density at radius 1 is 1.29 bits per heavy atom. The van der Waals surface area contributed by atoms with E-state index in [1.807, 2.05) is 14.1 Å². The third kappa shape index (κ3) is 2.75. The smallest absolute Gasteiger partial charge is 0.246 e. The second-order valence-corrected chi connectivity index (χ2v) is 7.89. The molecule has 0 amide bonds. The summed E-state index contributed by atoms with van der Waals surface area (Å²) in [6, 6.07) is 0.200. The second-order valence-electron chi connectivity index (χ2n) is 6.01. The molecule has 21 heavy (non-hydrogen) atoms. The predicted octanol–water partition coefficient (Wildman–Crippen LogP) is 0.959. The number of sulfonamides is 1. The van der Waals surface area contributed by atoms with E-state index >= 15 is 0 Å². The summed E-state index contributed by atoms with van der Waals surface area (Å²) >= 11 is 0. The fourth-order valence-corrected chi connectivity index (χ4v) is 5.10. The van der Waals surface area contributed by atoms with Crippen LogP contribution in [0.2, 0.25) is 0 Å². The van der Waals surface area contributed by atoms with Crippen molar-refractivity contribution in [3.63, 3.8) is 0 Å². The molecule has 1 saturated heterocycles. The van der Waals surface area contributed by atoms with Crippen LogP contribution in [0, 0.1) is 19.8 Å². The lowest BCUT2D eigenvalue weighted by atomic mass is 10.1. The molecule has 2 atom stereocenters. The molecule has 2 heterocycles. The van der Waals surface area contributed by atoms with Crippen LogP contribution >= 0.6 is 0 Å². The van der Waals surface area contributed by atoms with Crippen molar-refractivity contribution in [1.29, 1.82) is 0 Å². The second kappa shape index (κ2) is 5.72. The highest BCUT2D eigenvalue weighted by molar-refractivity contribution is 7.89. The summed E-state index contributed by atoms with van der Waals surface area (Å²) in [5, 5.41) is 9.46. The molecule has 7 heteroatoms. The van der Waals surface area contributed by atoms with E-state index in [2.05, 4.69) is 11.8 Å². The normalized spacial score (nSPS) is 24.1. The topological polar surface area (TPSA) is 74.0 Å². The van der Waals surface area contributed by atoms with Crippen molar-refractivity contribution < 1.29 is 17.9 Å². The molecule has 1 aromatic heterocycles. The van der Waals surface area contributed by atoms with Gasteiger partial charge in [0.25, 0.3) is 0 Å². The first-order valence-electron chi connectivity index (χ1n) is 7.06. The van der Waals surface area contributed by atoms with Gasteiger partial charge < -0.3 is 14.4 Å². The molecule has 1 aromatic rings. The lowest BCUT2D eigenvalue weighted by molar-refractivity contribution is 0.262. The SMILES string of the molecule is Cc1oc(C)c(S(=O)(=O)N2CC(C)C(N(C)C)C2)c1CO. The fourth-order valence-electron chi connectivity index (χ4n) is 3.13. The Balaban J connectivity index is 2.41. The molecule has 1 N–H and O–H groups in total. The largest absolute Gasteiger partial charge is 0.465 e. The third-order valence-electron chi connectivity index (χ3n) is 4.28. The van der Waals surface area contributed by atoms with Crippen LogP contribution in [0.25, 0.3) is 0 Å². The Bertz CT molecular complexity index is 621.